The molecule has 1 heterocycles. The number of halogens is 2. The molecule has 21 heavy (non-hydrogen) atoms. The fourth-order valence-corrected chi connectivity index (χ4v) is 3.05. The van der Waals surface area contributed by atoms with E-state index in [9.17, 15) is 9.50 Å². The van der Waals surface area contributed by atoms with Crippen molar-refractivity contribution in [2.24, 2.45) is 0 Å². The molecule has 3 nitrogen and oxygen atoms in total. The summed E-state index contributed by atoms with van der Waals surface area (Å²) < 4.78 is 15.6. The van der Waals surface area contributed by atoms with Crippen molar-refractivity contribution in [1.82, 2.24) is 9.78 Å². The zero-order chi connectivity index (χ0) is 15.4. The first-order valence-corrected chi connectivity index (χ1v) is 8.01. The number of hydrogen-bond donors (Lipinski definition) is 1. The van der Waals surface area contributed by atoms with E-state index in [0.717, 1.165) is 18.5 Å². The Labute approximate surface area is 132 Å². The highest BCUT2D eigenvalue weighted by molar-refractivity contribution is 9.10. The van der Waals surface area contributed by atoms with Gasteiger partial charge in [-0.05, 0) is 36.6 Å². The first-order valence-electron chi connectivity index (χ1n) is 7.22. The van der Waals surface area contributed by atoms with Crippen molar-refractivity contribution in [3.05, 3.63) is 52.0 Å². The molecule has 0 aliphatic carbocycles. The molecule has 114 valence electrons. The third kappa shape index (κ3) is 3.92. The Bertz CT molecular complexity index is 596. The van der Waals surface area contributed by atoms with Crippen molar-refractivity contribution < 1.29 is 9.50 Å². The number of aromatic nitrogens is 2. The summed E-state index contributed by atoms with van der Waals surface area (Å²) in [6, 6.07) is 6.64. The largest absolute Gasteiger partial charge is 0.388 e. The summed E-state index contributed by atoms with van der Waals surface area (Å²) in [7, 11) is 0. The van der Waals surface area contributed by atoms with E-state index < -0.39 is 6.10 Å². The van der Waals surface area contributed by atoms with Crippen LogP contribution in [0.5, 0.6) is 0 Å². The number of nitrogens with zero attached hydrogens (tertiary/aromatic N) is 2. The van der Waals surface area contributed by atoms with Gasteiger partial charge in [0.15, 0.2) is 0 Å². The summed E-state index contributed by atoms with van der Waals surface area (Å²) in [5.41, 5.74) is 1.51. The quantitative estimate of drug-likeness (QED) is 0.833. The fraction of sp³-hybridized carbons (Fsp3) is 0.438. The molecule has 0 bridgehead atoms. The van der Waals surface area contributed by atoms with Gasteiger partial charge in [0.05, 0.1) is 17.8 Å². The van der Waals surface area contributed by atoms with E-state index in [-0.39, 0.29) is 5.82 Å². The summed E-state index contributed by atoms with van der Waals surface area (Å²) in [5.74, 6) is -0.323. The third-order valence-corrected chi connectivity index (χ3v) is 4.39. The number of aliphatic hydroxyl groups is 1. The second-order valence-corrected chi connectivity index (χ2v) is 6.00. The molecule has 1 N–H and O–H groups in total. The zero-order valence-electron chi connectivity index (χ0n) is 12.3. The molecule has 1 unspecified atom stereocenters. The Morgan fingerprint density at radius 2 is 2.00 bits per heavy atom. The summed E-state index contributed by atoms with van der Waals surface area (Å²) in [5, 5.41) is 14.8. The number of benzene rings is 1. The van der Waals surface area contributed by atoms with Crippen LogP contribution in [-0.2, 0) is 6.42 Å². The zero-order valence-corrected chi connectivity index (χ0v) is 13.8. The summed E-state index contributed by atoms with van der Waals surface area (Å²) in [6.07, 6.45) is 3.73. The Hall–Kier alpha value is -1.20. The van der Waals surface area contributed by atoms with Gasteiger partial charge in [-0.15, -0.1) is 0 Å². The monoisotopic (exact) mass is 354 g/mol. The number of aliphatic hydroxyl groups excluding tert-OH is 1. The predicted octanol–water partition coefficient (Wildman–Crippen LogP) is 4.42. The minimum absolute atomic E-state index is 0.323. The number of hydrogen-bond acceptors (Lipinski definition) is 2. The van der Waals surface area contributed by atoms with Crippen molar-refractivity contribution in [2.75, 3.05) is 0 Å². The molecule has 0 saturated carbocycles. The highest BCUT2D eigenvalue weighted by Crippen LogP contribution is 2.27. The van der Waals surface area contributed by atoms with Gasteiger partial charge in [-0.1, -0.05) is 35.8 Å². The van der Waals surface area contributed by atoms with Crippen molar-refractivity contribution in [3.63, 3.8) is 0 Å². The van der Waals surface area contributed by atoms with Gasteiger partial charge in [0.1, 0.15) is 5.82 Å². The molecule has 0 amide bonds. The summed E-state index contributed by atoms with van der Waals surface area (Å²) >= 11 is 3.29. The van der Waals surface area contributed by atoms with E-state index >= 15 is 0 Å². The highest BCUT2D eigenvalue weighted by atomic mass is 79.9. The maximum atomic E-state index is 13.1. The van der Waals surface area contributed by atoms with Crippen LogP contribution in [-0.4, -0.2) is 14.9 Å². The van der Waals surface area contributed by atoms with Gasteiger partial charge in [0.25, 0.3) is 0 Å². The second-order valence-electron chi connectivity index (χ2n) is 5.14. The van der Waals surface area contributed by atoms with E-state index in [1.807, 2.05) is 16.9 Å². The maximum Gasteiger partial charge on any atom is 0.124 e. The minimum Gasteiger partial charge on any atom is -0.388 e. The average Bonchev–Trinajstić information content (AvgIpc) is 2.88. The lowest BCUT2D eigenvalue weighted by Crippen LogP contribution is -2.09. The van der Waals surface area contributed by atoms with Crippen LogP contribution in [0.2, 0.25) is 0 Å². The molecule has 0 aliphatic heterocycles. The normalized spacial score (nSPS) is 12.9. The van der Waals surface area contributed by atoms with Gasteiger partial charge in [-0.2, -0.15) is 5.10 Å². The van der Waals surface area contributed by atoms with Crippen molar-refractivity contribution in [2.45, 2.75) is 45.3 Å². The van der Waals surface area contributed by atoms with E-state index in [1.165, 1.54) is 12.1 Å². The van der Waals surface area contributed by atoms with Crippen molar-refractivity contribution >= 4 is 15.9 Å². The number of rotatable bonds is 6. The lowest BCUT2D eigenvalue weighted by molar-refractivity contribution is 0.176. The van der Waals surface area contributed by atoms with Crippen LogP contribution in [0.25, 0.3) is 0 Å². The Morgan fingerprint density at radius 1 is 1.29 bits per heavy atom. The fourth-order valence-electron chi connectivity index (χ4n) is 2.43. The molecular formula is C16H20BrFN2O. The van der Waals surface area contributed by atoms with Crippen LogP contribution in [0.15, 0.2) is 34.9 Å². The summed E-state index contributed by atoms with van der Waals surface area (Å²) in [6.45, 7) is 4.28. The smallest absolute Gasteiger partial charge is 0.124 e. The maximum absolute atomic E-state index is 13.1. The molecule has 0 aliphatic rings. The average molecular weight is 355 g/mol. The molecule has 0 spiro atoms. The van der Waals surface area contributed by atoms with E-state index in [4.69, 9.17) is 0 Å². The van der Waals surface area contributed by atoms with Crippen LogP contribution in [0, 0.1) is 5.82 Å². The van der Waals surface area contributed by atoms with E-state index in [2.05, 4.69) is 34.9 Å². The lowest BCUT2D eigenvalue weighted by Gasteiger charge is -2.13. The van der Waals surface area contributed by atoms with Gasteiger partial charge in [-0.3, -0.25) is 4.68 Å². The van der Waals surface area contributed by atoms with Crippen molar-refractivity contribution in [3.8, 4) is 0 Å². The minimum atomic E-state index is -0.704. The highest BCUT2D eigenvalue weighted by Gasteiger charge is 2.15. The van der Waals surface area contributed by atoms with Crippen LogP contribution in [0.1, 0.15) is 50.1 Å². The van der Waals surface area contributed by atoms with Crippen molar-refractivity contribution in [1.29, 1.82) is 0 Å². The Kier molecular flexibility index (Phi) is 5.53. The molecule has 0 fully saturated rings. The molecule has 1 aromatic carbocycles. The Morgan fingerprint density at radius 3 is 2.62 bits per heavy atom. The molecule has 2 rings (SSSR count). The second kappa shape index (κ2) is 7.18. The van der Waals surface area contributed by atoms with Crippen LogP contribution < -0.4 is 0 Å². The first-order chi connectivity index (χ1) is 10.0. The summed E-state index contributed by atoms with van der Waals surface area (Å²) in [4.78, 5) is 0. The molecule has 5 heteroatoms. The molecule has 1 aromatic heterocycles. The SMILES string of the molecule is CCC(CC)n1ccc(CC(O)c2ccc(F)cc2Br)n1. The van der Waals surface area contributed by atoms with Gasteiger partial charge < -0.3 is 5.11 Å². The predicted molar refractivity (Wildman–Crippen MR) is 84.6 cm³/mol. The standard InChI is InChI=1S/C16H20BrFN2O/c1-3-13(4-2)20-8-7-12(19-20)10-16(21)14-6-5-11(18)9-15(14)17/h5-9,13,16,21H,3-4,10H2,1-2H3. The van der Waals surface area contributed by atoms with Gasteiger partial charge >= 0.3 is 0 Å². The Balaban J connectivity index is 2.11. The lowest BCUT2D eigenvalue weighted by atomic mass is 10.1. The molecule has 0 saturated heterocycles. The van der Waals surface area contributed by atoms with Crippen LogP contribution in [0.3, 0.4) is 0 Å². The third-order valence-electron chi connectivity index (χ3n) is 3.70. The van der Waals surface area contributed by atoms with E-state index in [0.29, 0.717) is 22.5 Å². The molecular weight excluding hydrogens is 335 g/mol. The molecule has 1 atom stereocenters. The first kappa shape index (κ1) is 16.2. The van der Waals surface area contributed by atoms with Crippen LogP contribution >= 0.6 is 15.9 Å². The van der Waals surface area contributed by atoms with Gasteiger partial charge in [0, 0.05) is 17.1 Å². The van der Waals surface area contributed by atoms with Gasteiger partial charge in [-0.25, -0.2) is 4.39 Å². The molecule has 2 aromatic rings. The van der Waals surface area contributed by atoms with Gasteiger partial charge in [0.2, 0.25) is 0 Å². The molecule has 0 radical (unpaired) electrons. The van der Waals surface area contributed by atoms with Crippen LogP contribution in [0.4, 0.5) is 4.39 Å². The topological polar surface area (TPSA) is 38.0 Å². The van der Waals surface area contributed by atoms with E-state index in [1.54, 1.807) is 6.07 Å².